The highest BCUT2D eigenvalue weighted by molar-refractivity contribution is 6.05. The lowest BCUT2D eigenvalue weighted by Crippen LogP contribution is -2.30. The molecule has 2 amide bonds. The van der Waals surface area contributed by atoms with E-state index in [9.17, 15) is 9.59 Å². The van der Waals surface area contributed by atoms with Crippen LogP contribution < -0.4 is 11.1 Å². The van der Waals surface area contributed by atoms with E-state index < -0.39 is 6.04 Å². The van der Waals surface area contributed by atoms with Gasteiger partial charge in [0.15, 0.2) is 0 Å². The van der Waals surface area contributed by atoms with Crippen molar-refractivity contribution in [3.8, 4) is 0 Å². The minimum Gasteiger partial charge on any atom is -0.319 e. The van der Waals surface area contributed by atoms with Gasteiger partial charge >= 0.3 is 0 Å². The number of rotatable bonds is 0. The van der Waals surface area contributed by atoms with Crippen molar-refractivity contribution in [1.82, 2.24) is 5.32 Å². The molecule has 0 saturated carbocycles. The molecule has 0 spiro atoms. The van der Waals surface area contributed by atoms with E-state index in [1.54, 1.807) is 0 Å². The Labute approximate surface area is 77.7 Å². The van der Waals surface area contributed by atoms with E-state index in [-0.39, 0.29) is 18.2 Å². The van der Waals surface area contributed by atoms with Crippen molar-refractivity contribution in [2.45, 2.75) is 33.2 Å². The second kappa shape index (κ2) is 8.86. The number of hydrogen-bond donors (Lipinski definition) is 2. The number of carbonyl (C=O) groups excluding carboxylic acids is 3. The van der Waals surface area contributed by atoms with Gasteiger partial charge in [0.25, 0.3) is 0 Å². The molecule has 0 aliphatic carbocycles. The van der Waals surface area contributed by atoms with Gasteiger partial charge in [-0.2, -0.15) is 0 Å². The third kappa shape index (κ3) is 7.14. The molecule has 5 nitrogen and oxygen atoms in total. The van der Waals surface area contributed by atoms with Crippen molar-refractivity contribution in [2.75, 3.05) is 0 Å². The molecular weight excluding hydrogens is 172 g/mol. The average molecular weight is 188 g/mol. The first-order chi connectivity index (χ1) is 6.11. The minimum absolute atomic E-state index is 0.138. The number of nitrogens with two attached hydrogens (primary N) is 1. The molecule has 3 N–H and O–H groups in total. The third-order valence-corrected chi connectivity index (χ3v) is 1.00. The second-order valence-electron chi connectivity index (χ2n) is 1.96. The van der Waals surface area contributed by atoms with Gasteiger partial charge in [0.2, 0.25) is 11.8 Å². The second-order valence-corrected chi connectivity index (χ2v) is 1.96. The van der Waals surface area contributed by atoms with E-state index in [2.05, 4.69) is 5.32 Å². The summed E-state index contributed by atoms with van der Waals surface area (Å²) in [4.78, 5) is 29.4. The quantitative estimate of drug-likeness (QED) is 0.399. The number of nitrogens with one attached hydrogen (secondary N) is 1. The molecule has 1 aliphatic heterocycles. The first kappa shape index (κ1) is 14.3. The highest BCUT2D eigenvalue weighted by Gasteiger charge is 2.26. The summed E-state index contributed by atoms with van der Waals surface area (Å²) in [7, 11) is 0. The van der Waals surface area contributed by atoms with Crippen LogP contribution in [0.1, 0.15) is 27.2 Å². The van der Waals surface area contributed by atoms with Gasteiger partial charge in [0.05, 0.1) is 12.5 Å². The van der Waals surface area contributed by atoms with Crippen molar-refractivity contribution in [3.05, 3.63) is 0 Å². The summed E-state index contributed by atoms with van der Waals surface area (Å²) in [5.41, 5.74) is 5.14. The van der Waals surface area contributed by atoms with E-state index in [1.165, 1.54) is 6.92 Å². The average Bonchev–Trinajstić information content (AvgIpc) is 2.35. The third-order valence-electron chi connectivity index (χ3n) is 1.00. The number of imide groups is 1. The summed E-state index contributed by atoms with van der Waals surface area (Å²) in [5.74, 6) is -0.641. The highest BCUT2D eigenvalue weighted by atomic mass is 16.2. The van der Waals surface area contributed by atoms with Crippen LogP contribution in [0.5, 0.6) is 0 Å². The molecule has 1 saturated heterocycles. The van der Waals surface area contributed by atoms with E-state index in [4.69, 9.17) is 10.5 Å². The molecule has 0 bridgehead atoms. The van der Waals surface area contributed by atoms with Gasteiger partial charge in [0.1, 0.15) is 6.29 Å². The van der Waals surface area contributed by atoms with Crippen LogP contribution in [0.3, 0.4) is 0 Å². The fourth-order valence-corrected chi connectivity index (χ4v) is 0.574. The Balaban J connectivity index is 0. The van der Waals surface area contributed by atoms with Crippen LogP contribution in [0.25, 0.3) is 0 Å². The van der Waals surface area contributed by atoms with Crippen LogP contribution in [0.2, 0.25) is 0 Å². The van der Waals surface area contributed by atoms with Crippen LogP contribution >= 0.6 is 0 Å². The molecule has 0 aromatic carbocycles. The Morgan fingerprint density at radius 2 is 1.85 bits per heavy atom. The van der Waals surface area contributed by atoms with Crippen molar-refractivity contribution in [2.24, 2.45) is 5.73 Å². The molecule has 13 heavy (non-hydrogen) atoms. The van der Waals surface area contributed by atoms with Gasteiger partial charge in [-0.05, 0) is 6.92 Å². The molecule has 76 valence electrons. The minimum atomic E-state index is -0.609. The van der Waals surface area contributed by atoms with E-state index in [1.807, 2.05) is 13.8 Å². The van der Waals surface area contributed by atoms with Gasteiger partial charge in [-0.3, -0.25) is 14.9 Å². The summed E-state index contributed by atoms with van der Waals surface area (Å²) in [6.07, 6.45) is 0.888. The molecule has 1 atom stereocenters. The van der Waals surface area contributed by atoms with Crippen molar-refractivity contribution >= 4 is 18.1 Å². The normalized spacial score (nSPS) is 18.9. The predicted octanol–water partition coefficient (Wildman–Crippen LogP) is -0.408. The lowest BCUT2D eigenvalue weighted by atomic mass is 10.3. The predicted molar refractivity (Wildman–Crippen MR) is 48.8 cm³/mol. The van der Waals surface area contributed by atoms with Gasteiger partial charge < -0.3 is 10.5 Å². The molecule has 0 radical (unpaired) electrons. The summed E-state index contributed by atoms with van der Waals surface area (Å²) in [6.45, 7) is 5.44. The summed E-state index contributed by atoms with van der Waals surface area (Å²) < 4.78 is 0. The summed E-state index contributed by atoms with van der Waals surface area (Å²) >= 11 is 0. The highest BCUT2D eigenvalue weighted by Crippen LogP contribution is 1.95. The van der Waals surface area contributed by atoms with Crippen LogP contribution in [0.15, 0.2) is 0 Å². The molecule has 5 heteroatoms. The van der Waals surface area contributed by atoms with E-state index in [0.29, 0.717) is 0 Å². The van der Waals surface area contributed by atoms with Crippen LogP contribution in [0, 0.1) is 0 Å². The SMILES string of the molecule is CC.CC=O.NC1CC(=O)NC1=O. The van der Waals surface area contributed by atoms with Crippen molar-refractivity contribution < 1.29 is 14.4 Å². The molecule has 0 aromatic rings. The maximum Gasteiger partial charge on any atom is 0.243 e. The standard InChI is InChI=1S/C4H6N2O2.C2H4O.C2H6/c5-2-1-3(7)6-4(2)8;1-2-3;1-2/h2H,1,5H2,(H,6,7,8);2H,1H3;1-2H3. The maximum absolute atomic E-state index is 10.3. The van der Waals surface area contributed by atoms with Gasteiger partial charge in [0, 0.05) is 0 Å². The molecule has 1 aliphatic rings. The summed E-state index contributed by atoms with van der Waals surface area (Å²) in [6, 6.07) is -0.609. The van der Waals surface area contributed by atoms with E-state index >= 15 is 0 Å². The number of amides is 2. The van der Waals surface area contributed by atoms with Crippen molar-refractivity contribution in [1.29, 1.82) is 0 Å². The topological polar surface area (TPSA) is 89.3 Å². The number of aldehydes is 1. The van der Waals surface area contributed by atoms with Gasteiger partial charge in [-0.1, -0.05) is 13.8 Å². The monoisotopic (exact) mass is 188 g/mol. The summed E-state index contributed by atoms with van der Waals surface area (Å²) in [5, 5.41) is 2.06. The molecule has 1 fully saturated rings. The van der Waals surface area contributed by atoms with Crippen LogP contribution in [-0.2, 0) is 14.4 Å². The Morgan fingerprint density at radius 1 is 1.46 bits per heavy atom. The fraction of sp³-hybridized carbons (Fsp3) is 0.625. The van der Waals surface area contributed by atoms with Gasteiger partial charge in [-0.25, -0.2) is 0 Å². The van der Waals surface area contributed by atoms with E-state index in [0.717, 1.165) is 6.29 Å². The Morgan fingerprint density at radius 3 is 1.92 bits per heavy atom. The number of carbonyl (C=O) groups is 3. The Hall–Kier alpha value is -1.23. The zero-order chi connectivity index (χ0) is 10.9. The van der Waals surface area contributed by atoms with Crippen LogP contribution in [0.4, 0.5) is 0 Å². The Bertz CT molecular complexity index is 180. The first-order valence-corrected chi connectivity index (χ1v) is 4.11. The number of hydrogen-bond acceptors (Lipinski definition) is 4. The van der Waals surface area contributed by atoms with Crippen molar-refractivity contribution in [3.63, 3.8) is 0 Å². The molecule has 1 rings (SSSR count). The lowest BCUT2D eigenvalue weighted by Gasteiger charge is -1.89. The molecule has 1 heterocycles. The zero-order valence-corrected chi connectivity index (χ0v) is 8.16. The van der Waals surface area contributed by atoms with Gasteiger partial charge in [-0.15, -0.1) is 0 Å². The molecular formula is C8H16N2O3. The fourth-order valence-electron chi connectivity index (χ4n) is 0.574. The molecule has 1 unspecified atom stereocenters. The lowest BCUT2D eigenvalue weighted by molar-refractivity contribution is -0.125. The first-order valence-electron chi connectivity index (χ1n) is 4.11. The van der Waals surface area contributed by atoms with Crippen LogP contribution in [-0.4, -0.2) is 24.1 Å². The zero-order valence-electron chi connectivity index (χ0n) is 8.16. The molecule has 0 aromatic heterocycles. The smallest absolute Gasteiger partial charge is 0.243 e. The largest absolute Gasteiger partial charge is 0.319 e. The maximum atomic E-state index is 10.3. The Kier molecular flexibility index (Phi) is 9.75.